The van der Waals surface area contributed by atoms with E-state index in [1.807, 2.05) is 12.1 Å². The summed E-state index contributed by atoms with van der Waals surface area (Å²) in [6, 6.07) is 4.05. The number of epoxide rings is 1. The topological polar surface area (TPSA) is 31.0 Å². The summed E-state index contributed by atoms with van der Waals surface area (Å²) < 4.78 is 16.1. The van der Waals surface area contributed by atoms with Gasteiger partial charge in [-0.1, -0.05) is 0 Å². The van der Waals surface area contributed by atoms with Crippen molar-refractivity contribution in [1.29, 1.82) is 0 Å². The van der Waals surface area contributed by atoms with Crippen LogP contribution in [0.25, 0.3) is 0 Å². The van der Waals surface area contributed by atoms with E-state index in [2.05, 4.69) is 13.8 Å². The van der Waals surface area contributed by atoms with E-state index in [0.29, 0.717) is 6.79 Å². The Kier molecular flexibility index (Phi) is 1.40. The number of rotatable bonds is 1. The lowest BCUT2D eigenvalue weighted by Crippen LogP contribution is -2.04. The van der Waals surface area contributed by atoms with E-state index in [1.165, 1.54) is 11.1 Å². The molecule has 0 saturated carbocycles. The molecule has 2 aliphatic heterocycles. The van der Waals surface area contributed by atoms with Crippen molar-refractivity contribution in [2.45, 2.75) is 19.4 Å². The average Bonchev–Trinajstić information content (AvgIpc) is 2.75. The van der Waals surface area contributed by atoms with Crippen molar-refractivity contribution in [2.75, 3.05) is 13.4 Å². The third-order valence-corrected chi connectivity index (χ3v) is 2.87. The van der Waals surface area contributed by atoms with Gasteiger partial charge in [-0.05, 0) is 37.1 Å². The number of fused-ring (bicyclic) bond motifs is 1. The Bertz CT molecular complexity index is 394. The van der Waals surface area contributed by atoms with Crippen molar-refractivity contribution in [1.82, 2.24) is 0 Å². The maximum Gasteiger partial charge on any atom is 0.231 e. The van der Waals surface area contributed by atoms with Crippen molar-refractivity contribution in [2.24, 2.45) is 0 Å². The minimum atomic E-state index is -0.0922. The Morgan fingerprint density at radius 2 is 1.86 bits per heavy atom. The summed E-state index contributed by atoms with van der Waals surface area (Å²) in [6.07, 6.45) is 0. The second kappa shape index (κ2) is 2.42. The number of benzene rings is 1. The lowest BCUT2D eigenvalue weighted by molar-refractivity contribution is 0.174. The first-order chi connectivity index (χ1) is 6.69. The van der Waals surface area contributed by atoms with Crippen LogP contribution in [0.2, 0.25) is 0 Å². The van der Waals surface area contributed by atoms with Crippen molar-refractivity contribution in [3.8, 4) is 11.5 Å². The number of hydrogen-bond donors (Lipinski definition) is 0. The molecule has 0 bridgehead atoms. The van der Waals surface area contributed by atoms with Gasteiger partial charge in [-0.3, -0.25) is 0 Å². The Labute approximate surface area is 82.6 Å². The zero-order valence-electron chi connectivity index (χ0n) is 8.29. The van der Waals surface area contributed by atoms with Crippen LogP contribution in [0.3, 0.4) is 0 Å². The van der Waals surface area contributed by atoms with Crippen LogP contribution in [0.5, 0.6) is 11.5 Å². The van der Waals surface area contributed by atoms with Crippen LogP contribution in [-0.2, 0) is 10.3 Å². The third-order valence-electron chi connectivity index (χ3n) is 2.87. The fourth-order valence-electron chi connectivity index (χ4n) is 1.88. The molecule has 0 aliphatic carbocycles. The Hall–Kier alpha value is -1.22. The van der Waals surface area contributed by atoms with Crippen molar-refractivity contribution in [3.63, 3.8) is 0 Å². The molecular weight excluding hydrogens is 180 g/mol. The van der Waals surface area contributed by atoms with E-state index in [0.717, 1.165) is 18.1 Å². The molecule has 0 aromatic heterocycles. The van der Waals surface area contributed by atoms with Gasteiger partial charge in [0.25, 0.3) is 0 Å². The van der Waals surface area contributed by atoms with Gasteiger partial charge in [-0.25, -0.2) is 0 Å². The molecule has 1 unspecified atom stereocenters. The predicted octanol–water partition coefficient (Wildman–Crippen LogP) is 1.97. The quantitative estimate of drug-likeness (QED) is 0.637. The van der Waals surface area contributed by atoms with E-state index < -0.39 is 0 Å². The molecule has 3 heteroatoms. The smallest absolute Gasteiger partial charge is 0.231 e. The molecule has 1 fully saturated rings. The largest absolute Gasteiger partial charge is 0.454 e. The summed E-state index contributed by atoms with van der Waals surface area (Å²) in [5, 5.41) is 0. The molecular formula is C11H12O3. The molecule has 1 aromatic rings. The van der Waals surface area contributed by atoms with Crippen LogP contribution in [0.15, 0.2) is 12.1 Å². The summed E-state index contributed by atoms with van der Waals surface area (Å²) in [6.45, 7) is 5.30. The molecule has 1 atom stereocenters. The minimum Gasteiger partial charge on any atom is -0.454 e. The predicted molar refractivity (Wildman–Crippen MR) is 50.6 cm³/mol. The van der Waals surface area contributed by atoms with Crippen molar-refractivity contribution in [3.05, 3.63) is 23.3 Å². The standard InChI is InChI=1S/C11H12O3/c1-7-3-9-10(13-6-12-9)4-8(7)11(2)5-14-11/h3-4H,5-6H2,1-2H3. The monoisotopic (exact) mass is 192 g/mol. The summed E-state index contributed by atoms with van der Waals surface area (Å²) in [4.78, 5) is 0. The van der Waals surface area contributed by atoms with Crippen LogP contribution in [-0.4, -0.2) is 13.4 Å². The van der Waals surface area contributed by atoms with Crippen LogP contribution >= 0.6 is 0 Å². The normalized spacial score (nSPS) is 27.9. The maximum atomic E-state index is 5.43. The Morgan fingerprint density at radius 1 is 1.21 bits per heavy atom. The van der Waals surface area contributed by atoms with Crippen molar-refractivity contribution < 1.29 is 14.2 Å². The molecule has 3 rings (SSSR count). The fourth-order valence-corrected chi connectivity index (χ4v) is 1.88. The van der Waals surface area contributed by atoms with Gasteiger partial charge in [-0.2, -0.15) is 0 Å². The van der Waals surface area contributed by atoms with Gasteiger partial charge in [-0.15, -0.1) is 0 Å². The first kappa shape index (κ1) is 8.12. The molecule has 74 valence electrons. The average molecular weight is 192 g/mol. The molecule has 14 heavy (non-hydrogen) atoms. The molecule has 0 spiro atoms. The molecule has 1 saturated heterocycles. The van der Waals surface area contributed by atoms with E-state index in [9.17, 15) is 0 Å². The van der Waals surface area contributed by atoms with Crippen LogP contribution in [0.4, 0.5) is 0 Å². The molecule has 2 heterocycles. The first-order valence-corrected chi connectivity index (χ1v) is 4.74. The zero-order chi connectivity index (χ0) is 9.76. The molecule has 3 nitrogen and oxygen atoms in total. The van der Waals surface area contributed by atoms with Crippen LogP contribution in [0, 0.1) is 6.92 Å². The second-order valence-electron chi connectivity index (χ2n) is 4.04. The molecule has 2 aliphatic rings. The van der Waals surface area contributed by atoms with Gasteiger partial charge < -0.3 is 14.2 Å². The highest BCUT2D eigenvalue weighted by atomic mass is 16.7. The molecule has 1 aromatic carbocycles. The van der Waals surface area contributed by atoms with Gasteiger partial charge >= 0.3 is 0 Å². The number of hydrogen-bond acceptors (Lipinski definition) is 3. The van der Waals surface area contributed by atoms with Gasteiger partial charge in [0.1, 0.15) is 5.60 Å². The highest BCUT2D eigenvalue weighted by molar-refractivity contribution is 5.50. The van der Waals surface area contributed by atoms with Crippen LogP contribution < -0.4 is 9.47 Å². The van der Waals surface area contributed by atoms with E-state index in [1.54, 1.807) is 0 Å². The van der Waals surface area contributed by atoms with E-state index >= 15 is 0 Å². The maximum absolute atomic E-state index is 5.43. The van der Waals surface area contributed by atoms with E-state index in [-0.39, 0.29) is 5.60 Å². The lowest BCUT2D eigenvalue weighted by atomic mass is 9.96. The van der Waals surface area contributed by atoms with Crippen LogP contribution in [0.1, 0.15) is 18.1 Å². The SMILES string of the molecule is Cc1cc2c(cc1C1(C)CO1)OCO2. The van der Waals surface area contributed by atoms with Gasteiger partial charge in [0.2, 0.25) is 6.79 Å². The molecule has 0 amide bonds. The number of ether oxygens (including phenoxy) is 3. The Morgan fingerprint density at radius 3 is 2.50 bits per heavy atom. The number of aryl methyl sites for hydroxylation is 1. The van der Waals surface area contributed by atoms with Gasteiger partial charge in [0.15, 0.2) is 11.5 Å². The summed E-state index contributed by atoms with van der Waals surface area (Å²) in [5.41, 5.74) is 2.32. The van der Waals surface area contributed by atoms with Gasteiger partial charge in [0, 0.05) is 0 Å². The highest BCUT2D eigenvalue weighted by Gasteiger charge is 2.43. The summed E-state index contributed by atoms with van der Waals surface area (Å²) in [7, 11) is 0. The summed E-state index contributed by atoms with van der Waals surface area (Å²) >= 11 is 0. The van der Waals surface area contributed by atoms with Crippen molar-refractivity contribution >= 4 is 0 Å². The zero-order valence-corrected chi connectivity index (χ0v) is 8.29. The third kappa shape index (κ3) is 1.02. The first-order valence-electron chi connectivity index (χ1n) is 4.74. The highest BCUT2D eigenvalue weighted by Crippen LogP contribution is 2.44. The fraction of sp³-hybridized carbons (Fsp3) is 0.455. The lowest BCUT2D eigenvalue weighted by Gasteiger charge is -2.10. The summed E-state index contributed by atoms with van der Waals surface area (Å²) in [5.74, 6) is 1.68. The molecule has 0 N–H and O–H groups in total. The van der Waals surface area contributed by atoms with Gasteiger partial charge in [0.05, 0.1) is 6.61 Å². The minimum absolute atomic E-state index is 0.0922. The molecule has 0 radical (unpaired) electrons. The van der Waals surface area contributed by atoms with E-state index in [4.69, 9.17) is 14.2 Å². The second-order valence-corrected chi connectivity index (χ2v) is 4.04. The Balaban J connectivity index is 2.13.